The normalized spacial score (nSPS) is 18.1. The Morgan fingerprint density at radius 3 is 2.29 bits per heavy atom. The second kappa shape index (κ2) is 6.66. The molecule has 5 heteroatoms. The molecule has 0 saturated heterocycles. The number of aromatic nitrogens is 1. The Kier molecular flexibility index (Phi) is 4.25. The minimum atomic E-state index is -3.40. The zero-order valence-corrected chi connectivity index (χ0v) is 18.5. The van der Waals surface area contributed by atoms with Crippen LogP contribution in [0.1, 0.15) is 22.8 Å². The number of fused-ring (bicyclic) bond motifs is 5. The lowest BCUT2D eigenvalue weighted by Crippen LogP contribution is -2.45. The average molecular weight is 430 g/mol. The van der Waals surface area contributed by atoms with Crippen molar-refractivity contribution < 1.29 is 13.2 Å². The van der Waals surface area contributed by atoms with E-state index in [9.17, 15) is 13.2 Å². The van der Waals surface area contributed by atoms with Crippen molar-refractivity contribution in [2.75, 3.05) is 12.0 Å². The maximum absolute atomic E-state index is 14.1. The van der Waals surface area contributed by atoms with Gasteiger partial charge in [0, 0.05) is 22.8 Å². The van der Waals surface area contributed by atoms with Crippen LogP contribution in [0, 0.1) is 6.92 Å². The van der Waals surface area contributed by atoms with Crippen molar-refractivity contribution >= 4 is 26.6 Å². The lowest BCUT2D eigenvalue weighted by atomic mass is 9.76. The Labute approximate surface area is 182 Å². The molecule has 2 heterocycles. The van der Waals surface area contributed by atoms with E-state index in [4.69, 9.17) is 0 Å². The monoisotopic (exact) mass is 429 g/mol. The number of carbonyl (C=O) groups excluding carboxylic acids is 1. The van der Waals surface area contributed by atoms with E-state index in [-0.39, 0.29) is 11.7 Å². The molecule has 156 valence electrons. The number of hydrogen-bond acceptors (Lipinski definition) is 3. The highest BCUT2D eigenvalue weighted by atomic mass is 32.2. The van der Waals surface area contributed by atoms with Crippen molar-refractivity contribution in [3.63, 3.8) is 0 Å². The third-order valence-corrected chi connectivity index (χ3v) is 7.36. The van der Waals surface area contributed by atoms with Crippen molar-refractivity contribution in [3.8, 4) is 22.4 Å². The summed E-state index contributed by atoms with van der Waals surface area (Å²) in [5.41, 5.74) is 5.19. The number of carbonyl (C=O) groups is 1. The number of para-hydroxylation sites is 1. The van der Waals surface area contributed by atoms with Gasteiger partial charge in [0.1, 0.15) is 9.84 Å². The summed E-state index contributed by atoms with van der Waals surface area (Å²) in [6.45, 7) is 3.75. The van der Waals surface area contributed by atoms with E-state index in [1.165, 1.54) is 6.26 Å². The second-order valence-corrected chi connectivity index (χ2v) is 10.8. The van der Waals surface area contributed by atoms with Gasteiger partial charge in [-0.3, -0.25) is 9.36 Å². The average Bonchev–Trinajstić information content (AvgIpc) is 3.08. The van der Waals surface area contributed by atoms with Gasteiger partial charge in [-0.05, 0) is 30.5 Å². The van der Waals surface area contributed by atoms with Crippen LogP contribution in [0.4, 0.5) is 0 Å². The van der Waals surface area contributed by atoms with E-state index in [0.29, 0.717) is 0 Å². The molecule has 0 amide bonds. The van der Waals surface area contributed by atoms with Crippen LogP contribution in [-0.2, 0) is 15.3 Å². The summed E-state index contributed by atoms with van der Waals surface area (Å²) in [6.07, 6.45) is 1.19. The highest BCUT2D eigenvalue weighted by Crippen LogP contribution is 2.49. The molecule has 5 rings (SSSR count). The van der Waals surface area contributed by atoms with Gasteiger partial charge in [0.2, 0.25) is 5.91 Å². The Bertz CT molecular complexity index is 1470. The lowest BCUT2D eigenvalue weighted by Gasteiger charge is -2.35. The van der Waals surface area contributed by atoms with Crippen molar-refractivity contribution in [3.05, 3.63) is 83.9 Å². The summed E-state index contributed by atoms with van der Waals surface area (Å²) in [5.74, 6) is -0.435. The molecule has 0 saturated carbocycles. The molecule has 4 nitrogen and oxygen atoms in total. The fourth-order valence-electron chi connectivity index (χ4n) is 5.06. The maximum atomic E-state index is 14.1. The standard InChI is InChI=1S/C26H23NO3S/c1-17-10-9-14-20-22(18-11-5-4-6-12-18)24-19-13-7-8-15-21(19)26(2,16-31(3,29)30)25(28)27(24)23(17)20/h4-15H,16H2,1-3H3. The first-order chi connectivity index (χ1) is 14.7. The molecule has 1 aliphatic heterocycles. The van der Waals surface area contributed by atoms with Crippen molar-refractivity contribution in [2.24, 2.45) is 0 Å². The maximum Gasteiger partial charge on any atom is 0.243 e. The number of benzene rings is 3. The quantitative estimate of drug-likeness (QED) is 0.448. The van der Waals surface area contributed by atoms with Crippen LogP contribution in [0.15, 0.2) is 72.8 Å². The predicted octanol–water partition coefficient (Wildman–Crippen LogP) is 5.24. The molecule has 3 aromatic carbocycles. The zero-order chi connectivity index (χ0) is 22.0. The molecule has 0 bridgehead atoms. The summed E-state index contributed by atoms with van der Waals surface area (Å²) in [5, 5.41) is 0.993. The van der Waals surface area contributed by atoms with Crippen LogP contribution < -0.4 is 0 Å². The van der Waals surface area contributed by atoms with Crippen LogP contribution in [0.3, 0.4) is 0 Å². The molecule has 1 aromatic heterocycles. The van der Waals surface area contributed by atoms with Crippen LogP contribution in [0.2, 0.25) is 0 Å². The third kappa shape index (κ3) is 2.87. The fraction of sp³-hybridized carbons (Fsp3) is 0.192. The molecule has 0 radical (unpaired) electrons. The second-order valence-electron chi connectivity index (χ2n) is 8.65. The SMILES string of the molecule is Cc1cccc2c(-c3ccccc3)c3n(c12)C(=O)C(C)(CS(C)(=O)=O)c1ccccc1-3. The Morgan fingerprint density at radius 1 is 0.903 bits per heavy atom. The molecular weight excluding hydrogens is 406 g/mol. The van der Waals surface area contributed by atoms with Gasteiger partial charge in [0.25, 0.3) is 0 Å². The largest absolute Gasteiger partial charge is 0.278 e. The van der Waals surface area contributed by atoms with Gasteiger partial charge in [-0.2, -0.15) is 0 Å². The van der Waals surface area contributed by atoms with Gasteiger partial charge in [-0.1, -0.05) is 72.8 Å². The molecule has 0 spiro atoms. The number of sulfone groups is 1. The van der Waals surface area contributed by atoms with Gasteiger partial charge >= 0.3 is 0 Å². The van der Waals surface area contributed by atoms with Gasteiger partial charge in [-0.25, -0.2) is 8.42 Å². The van der Waals surface area contributed by atoms with E-state index in [0.717, 1.165) is 44.4 Å². The van der Waals surface area contributed by atoms with Gasteiger partial charge in [0.15, 0.2) is 0 Å². The van der Waals surface area contributed by atoms with Crippen molar-refractivity contribution in [1.29, 1.82) is 0 Å². The summed E-state index contributed by atoms with van der Waals surface area (Å²) >= 11 is 0. The number of rotatable bonds is 3. The molecule has 0 fully saturated rings. The van der Waals surface area contributed by atoms with Crippen LogP contribution in [0.5, 0.6) is 0 Å². The minimum absolute atomic E-state index is 0.201. The minimum Gasteiger partial charge on any atom is -0.278 e. The summed E-state index contributed by atoms with van der Waals surface area (Å²) in [7, 11) is -3.40. The van der Waals surface area contributed by atoms with E-state index >= 15 is 0 Å². The first-order valence-electron chi connectivity index (χ1n) is 10.2. The number of hydrogen-bond donors (Lipinski definition) is 0. The highest BCUT2D eigenvalue weighted by molar-refractivity contribution is 7.90. The van der Waals surface area contributed by atoms with Crippen LogP contribution >= 0.6 is 0 Å². The fourth-order valence-corrected chi connectivity index (χ4v) is 6.39. The van der Waals surface area contributed by atoms with E-state index < -0.39 is 15.3 Å². The summed E-state index contributed by atoms with van der Waals surface area (Å²) in [4.78, 5) is 14.1. The molecule has 4 aromatic rings. The molecule has 1 aliphatic rings. The van der Waals surface area contributed by atoms with Gasteiger partial charge in [-0.15, -0.1) is 0 Å². The van der Waals surface area contributed by atoms with E-state index in [2.05, 4.69) is 12.1 Å². The van der Waals surface area contributed by atoms with Crippen molar-refractivity contribution in [1.82, 2.24) is 4.57 Å². The van der Waals surface area contributed by atoms with Gasteiger partial charge in [0.05, 0.1) is 22.4 Å². The third-order valence-electron chi connectivity index (χ3n) is 6.26. The molecule has 31 heavy (non-hydrogen) atoms. The number of nitrogens with zero attached hydrogens (tertiary/aromatic N) is 1. The Balaban J connectivity index is 1.98. The molecule has 1 unspecified atom stereocenters. The van der Waals surface area contributed by atoms with E-state index in [1.54, 1.807) is 11.5 Å². The first-order valence-corrected chi connectivity index (χ1v) is 12.3. The molecule has 0 N–H and O–H groups in total. The summed E-state index contributed by atoms with van der Waals surface area (Å²) < 4.78 is 26.5. The topological polar surface area (TPSA) is 56.1 Å². The Hall–Kier alpha value is -3.18. The first kappa shape index (κ1) is 19.8. The molecular formula is C26H23NO3S. The Morgan fingerprint density at radius 2 is 1.58 bits per heavy atom. The lowest BCUT2D eigenvalue weighted by molar-refractivity contribution is 0.0826. The predicted molar refractivity (Wildman–Crippen MR) is 125 cm³/mol. The number of aryl methyl sites for hydroxylation is 1. The molecule has 0 aliphatic carbocycles. The molecule has 1 atom stereocenters. The highest BCUT2D eigenvalue weighted by Gasteiger charge is 2.46. The zero-order valence-electron chi connectivity index (χ0n) is 17.7. The summed E-state index contributed by atoms with van der Waals surface area (Å²) in [6, 6.07) is 23.8. The van der Waals surface area contributed by atoms with E-state index in [1.807, 2.05) is 67.6 Å². The van der Waals surface area contributed by atoms with Crippen LogP contribution in [-0.4, -0.2) is 30.9 Å². The smallest absolute Gasteiger partial charge is 0.243 e. The van der Waals surface area contributed by atoms with Crippen LogP contribution in [0.25, 0.3) is 33.3 Å². The van der Waals surface area contributed by atoms with Crippen molar-refractivity contribution in [2.45, 2.75) is 19.3 Å². The van der Waals surface area contributed by atoms with Gasteiger partial charge < -0.3 is 0 Å².